The van der Waals surface area contributed by atoms with Crippen LogP contribution in [0, 0.1) is 35.1 Å². The fourth-order valence-corrected chi connectivity index (χ4v) is 5.45. The van der Waals surface area contributed by atoms with Crippen molar-refractivity contribution < 1.29 is 35.8 Å². The molecule has 2 nitrogen and oxygen atoms in total. The summed E-state index contributed by atoms with van der Waals surface area (Å²) in [5.74, 6) is -6.32. The Bertz CT molecular complexity index is 1410. The van der Waals surface area contributed by atoms with Crippen molar-refractivity contribution in [3.05, 3.63) is 108 Å². The van der Waals surface area contributed by atoms with E-state index in [1.54, 1.807) is 19.1 Å². The van der Waals surface area contributed by atoms with E-state index in [1.807, 2.05) is 6.08 Å². The minimum absolute atomic E-state index is 0.0665. The van der Waals surface area contributed by atoms with Gasteiger partial charge in [-0.3, -0.25) is 0 Å². The summed E-state index contributed by atoms with van der Waals surface area (Å²) in [6.07, 6.45) is 11.0. The first kappa shape index (κ1) is 32.2. The minimum atomic E-state index is -3.98. The number of alkyl halides is 2. The molecule has 0 unspecified atom stereocenters. The maximum Gasteiger partial charge on any atom is 0.426 e. The molecule has 0 radical (unpaired) electrons. The second kappa shape index (κ2) is 14.7. The van der Waals surface area contributed by atoms with E-state index in [1.165, 1.54) is 44.2 Å². The van der Waals surface area contributed by atoms with Crippen LogP contribution < -0.4 is 9.47 Å². The largest absolute Gasteiger partial charge is 0.491 e. The molecule has 0 bridgehead atoms. The average molecular weight is 603 g/mol. The molecular formula is C35H36F6O2. The number of hydrogen-bond acceptors (Lipinski definition) is 2. The van der Waals surface area contributed by atoms with Crippen molar-refractivity contribution in [3.8, 4) is 22.6 Å². The Balaban J connectivity index is 1.35. The fraction of sp³-hybridized carbons (Fsp3) is 0.371. The summed E-state index contributed by atoms with van der Waals surface area (Å²) in [7, 11) is 0. The van der Waals surface area contributed by atoms with Gasteiger partial charge in [0.2, 0.25) is 11.6 Å². The molecule has 0 N–H and O–H groups in total. The third-order valence-electron chi connectivity index (χ3n) is 7.89. The summed E-state index contributed by atoms with van der Waals surface area (Å²) in [6.45, 7) is 5.43. The monoisotopic (exact) mass is 602 g/mol. The van der Waals surface area contributed by atoms with Crippen LogP contribution in [0.25, 0.3) is 11.1 Å². The summed E-state index contributed by atoms with van der Waals surface area (Å²) in [6, 6.07) is 9.17. The maximum absolute atomic E-state index is 14.9. The van der Waals surface area contributed by atoms with Crippen LogP contribution in [0.15, 0.2) is 73.3 Å². The molecule has 1 aliphatic carbocycles. The summed E-state index contributed by atoms with van der Waals surface area (Å²) < 4.78 is 97.7. The Morgan fingerprint density at radius 3 is 2.00 bits per heavy atom. The number of hydrogen-bond donors (Lipinski definition) is 0. The highest BCUT2D eigenvalue weighted by atomic mass is 19.3. The quantitative estimate of drug-likeness (QED) is 0.143. The van der Waals surface area contributed by atoms with Crippen LogP contribution in [0.5, 0.6) is 11.5 Å². The van der Waals surface area contributed by atoms with Crippen LogP contribution in [-0.4, -0.2) is 6.61 Å². The van der Waals surface area contributed by atoms with Gasteiger partial charge in [0.25, 0.3) is 0 Å². The van der Waals surface area contributed by atoms with Crippen molar-refractivity contribution in [1.29, 1.82) is 0 Å². The molecule has 230 valence electrons. The smallest absolute Gasteiger partial charge is 0.426 e. The fourth-order valence-electron chi connectivity index (χ4n) is 5.45. The summed E-state index contributed by atoms with van der Waals surface area (Å²) in [5, 5.41) is 0. The molecule has 3 aromatic carbocycles. The lowest BCUT2D eigenvalue weighted by Gasteiger charge is -2.26. The molecule has 0 atom stereocenters. The molecule has 43 heavy (non-hydrogen) atoms. The summed E-state index contributed by atoms with van der Waals surface area (Å²) >= 11 is 0. The Labute approximate surface area is 249 Å². The Morgan fingerprint density at radius 2 is 1.40 bits per heavy atom. The molecule has 4 rings (SSSR count). The van der Waals surface area contributed by atoms with Crippen molar-refractivity contribution in [2.24, 2.45) is 11.8 Å². The molecule has 1 fully saturated rings. The van der Waals surface area contributed by atoms with E-state index >= 15 is 0 Å². The number of benzene rings is 3. The highest BCUT2D eigenvalue weighted by molar-refractivity contribution is 5.67. The van der Waals surface area contributed by atoms with Crippen LogP contribution in [0.1, 0.15) is 63.0 Å². The van der Waals surface area contributed by atoms with Crippen LogP contribution in [0.4, 0.5) is 26.3 Å². The predicted octanol–water partition coefficient (Wildman–Crippen LogP) is 10.7. The van der Waals surface area contributed by atoms with E-state index in [-0.39, 0.29) is 12.4 Å². The Hall–Kier alpha value is -3.68. The molecule has 1 saturated carbocycles. The molecule has 8 heteroatoms. The second-order valence-electron chi connectivity index (χ2n) is 10.8. The number of ether oxygens (including phenoxy) is 2. The molecule has 0 heterocycles. The third-order valence-corrected chi connectivity index (χ3v) is 7.89. The zero-order chi connectivity index (χ0) is 31.0. The molecule has 0 saturated heterocycles. The standard InChI is InChI=1S/C35H36F6O2/c1-3-5-8-23-11-13-24(14-12-23)9-6-7-10-25-15-17-26(18-16-25)35(40,41)43-30-22-20-28(32(37)34(30)39)27-19-21-29(42-4-2)33(38)31(27)36/h3,6,9,15-24H,1,4-5,7-8,10-14H2,2H3/b9-6+. The minimum Gasteiger partial charge on any atom is -0.491 e. The second-order valence-corrected chi connectivity index (χ2v) is 10.8. The van der Waals surface area contributed by atoms with Gasteiger partial charge in [-0.05, 0) is 112 Å². The van der Waals surface area contributed by atoms with E-state index in [0.29, 0.717) is 12.3 Å². The molecule has 0 aliphatic heterocycles. The van der Waals surface area contributed by atoms with Crippen LogP contribution in [0.3, 0.4) is 0 Å². The zero-order valence-corrected chi connectivity index (χ0v) is 24.2. The number of rotatable bonds is 13. The first-order valence-electron chi connectivity index (χ1n) is 14.7. The lowest BCUT2D eigenvalue weighted by atomic mass is 9.80. The predicted molar refractivity (Wildman–Crippen MR) is 156 cm³/mol. The first-order chi connectivity index (χ1) is 20.6. The van der Waals surface area contributed by atoms with Gasteiger partial charge in [-0.15, -0.1) is 6.58 Å². The van der Waals surface area contributed by atoms with Gasteiger partial charge in [0.15, 0.2) is 23.1 Å². The lowest BCUT2D eigenvalue weighted by Crippen LogP contribution is -2.22. The van der Waals surface area contributed by atoms with Gasteiger partial charge in [-0.2, -0.15) is 17.6 Å². The number of allylic oxidation sites excluding steroid dienone is 3. The SMILES string of the molecule is C=CCCC1CCC(/C=C/CCc2ccc(C(F)(F)Oc3ccc(-c4ccc(OCC)c(F)c4F)c(F)c3F)cc2)CC1. The van der Waals surface area contributed by atoms with Gasteiger partial charge >= 0.3 is 6.11 Å². The van der Waals surface area contributed by atoms with E-state index in [2.05, 4.69) is 23.5 Å². The molecule has 0 aromatic heterocycles. The maximum atomic E-state index is 14.9. The first-order valence-corrected chi connectivity index (χ1v) is 14.7. The Kier molecular flexibility index (Phi) is 11.0. The van der Waals surface area contributed by atoms with Gasteiger partial charge in [-0.1, -0.05) is 30.4 Å². The van der Waals surface area contributed by atoms with E-state index in [4.69, 9.17) is 4.74 Å². The summed E-state index contributed by atoms with van der Waals surface area (Å²) in [4.78, 5) is 0. The molecular weight excluding hydrogens is 566 g/mol. The molecule has 3 aromatic rings. The van der Waals surface area contributed by atoms with Gasteiger partial charge < -0.3 is 9.47 Å². The number of halogens is 6. The number of aryl methyl sites for hydroxylation is 1. The van der Waals surface area contributed by atoms with Gasteiger partial charge in [0, 0.05) is 11.1 Å². The van der Waals surface area contributed by atoms with E-state index < -0.39 is 51.8 Å². The van der Waals surface area contributed by atoms with Crippen molar-refractivity contribution in [3.63, 3.8) is 0 Å². The molecule has 0 spiro atoms. The van der Waals surface area contributed by atoms with Crippen LogP contribution in [-0.2, 0) is 12.5 Å². The van der Waals surface area contributed by atoms with Gasteiger partial charge in [0.05, 0.1) is 12.2 Å². The van der Waals surface area contributed by atoms with Crippen LogP contribution >= 0.6 is 0 Å². The highest BCUT2D eigenvalue weighted by Gasteiger charge is 2.36. The lowest BCUT2D eigenvalue weighted by molar-refractivity contribution is -0.187. The van der Waals surface area contributed by atoms with Crippen molar-refractivity contribution in [1.82, 2.24) is 0 Å². The van der Waals surface area contributed by atoms with E-state index in [9.17, 15) is 26.3 Å². The third kappa shape index (κ3) is 8.03. The molecule has 1 aliphatic rings. The van der Waals surface area contributed by atoms with Gasteiger partial charge in [-0.25, -0.2) is 8.78 Å². The van der Waals surface area contributed by atoms with Crippen molar-refractivity contribution >= 4 is 0 Å². The molecule has 0 amide bonds. The average Bonchev–Trinajstić information content (AvgIpc) is 3.00. The highest BCUT2D eigenvalue weighted by Crippen LogP contribution is 2.38. The van der Waals surface area contributed by atoms with Crippen molar-refractivity contribution in [2.75, 3.05) is 6.61 Å². The van der Waals surface area contributed by atoms with Crippen molar-refractivity contribution in [2.45, 2.75) is 64.4 Å². The topological polar surface area (TPSA) is 18.5 Å². The van der Waals surface area contributed by atoms with E-state index in [0.717, 1.165) is 48.6 Å². The van der Waals surface area contributed by atoms with Crippen LogP contribution in [0.2, 0.25) is 0 Å². The Morgan fingerprint density at radius 1 is 0.791 bits per heavy atom. The normalized spacial score (nSPS) is 17.3. The zero-order valence-electron chi connectivity index (χ0n) is 24.2. The summed E-state index contributed by atoms with van der Waals surface area (Å²) in [5.41, 5.74) is -0.929. The van der Waals surface area contributed by atoms with Gasteiger partial charge in [0.1, 0.15) is 0 Å².